The second kappa shape index (κ2) is 11.9. The molecule has 0 saturated heterocycles. The lowest BCUT2D eigenvalue weighted by atomic mass is 10.1. The van der Waals surface area contributed by atoms with Crippen LogP contribution in [0.2, 0.25) is 0 Å². The molecule has 2 rings (SSSR count). The van der Waals surface area contributed by atoms with E-state index in [1.165, 1.54) is 10.6 Å². The number of rotatable bonds is 10. The van der Waals surface area contributed by atoms with Gasteiger partial charge in [-0.25, -0.2) is 8.42 Å². The van der Waals surface area contributed by atoms with Gasteiger partial charge in [0.1, 0.15) is 6.04 Å². The monoisotopic (exact) mass is 515 g/mol. The molecule has 36 heavy (non-hydrogen) atoms. The second-order valence-electron chi connectivity index (χ2n) is 10.7. The van der Waals surface area contributed by atoms with Crippen molar-refractivity contribution in [1.29, 1.82) is 0 Å². The maximum atomic E-state index is 13.4. The molecule has 0 aromatic heterocycles. The minimum atomic E-state index is -3.53. The highest BCUT2D eigenvalue weighted by Crippen LogP contribution is 2.22. The molecule has 2 aromatic rings. The minimum absolute atomic E-state index is 0.121. The molecule has 198 valence electrons. The topological polar surface area (TPSA) is 86.8 Å². The van der Waals surface area contributed by atoms with Gasteiger partial charge in [0, 0.05) is 25.0 Å². The van der Waals surface area contributed by atoms with Gasteiger partial charge in [-0.1, -0.05) is 35.9 Å². The molecule has 7 nitrogen and oxygen atoms in total. The number of nitrogens with zero attached hydrogens (tertiary/aromatic N) is 2. The first-order valence-corrected chi connectivity index (χ1v) is 14.1. The lowest BCUT2D eigenvalue weighted by molar-refractivity contribution is -0.141. The minimum Gasteiger partial charge on any atom is -0.350 e. The van der Waals surface area contributed by atoms with Gasteiger partial charge in [0.15, 0.2) is 0 Å². The SMILES string of the molecule is Cc1cccc(CN(C(=O)CCCN(c2cc(C)cc(C)c2)S(C)(=O)=O)C(C)C(=O)NC(C)(C)C)c1. The van der Waals surface area contributed by atoms with Gasteiger partial charge in [0.05, 0.1) is 11.9 Å². The van der Waals surface area contributed by atoms with Crippen molar-refractivity contribution in [3.05, 3.63) is 64.7 Å². The van der Waals surface area contributed by atoms with Gasteiger partial charge >= 0.3 is 0 Å². The first-order chi connectivity index (χ1) is 16.6. The number of carbonyl (C=O) groups excluding carboxylic acids is 2. The van der Waals surface area contributed by atoms with Crippen molar-refractivity contribution in [1.82, 2.24) is 10.2 Å². The summed E-state index contributed by atoms with van der Waals surface area (Å²) in [4.78, 5) is 27.9. The van der Waals surface area contributed by atoms with Gasteiger partial charge in [-0.3, -0.25) is 13.9 Å². The third kappa shape index (κ3) is 8.97. The number of anilines is 1. The van der Waals surface area contributed by atoms with Crippen molar-refractivity contribution in [3.8, 4) is 0 Å². The van der Waals surface area contributed by atoms with Crippen LogP contribution in [0.5, 0.6) is 0 Å². The Kier molecular flexibility index (Phi) is 9.71. The first kappa shape index (κ1) is 29.4. The summed E-state index contributed by atoms with van der Waals surface area (Å²) in [6, 6.07) is 12.8. The van der Waals surface area contributed by atoms with E-state index in [9.17, 15) is 18.0 Å². The zero-order valence-electron chi connectivity index (χ0n) is 22.9. The van der Waals surface area contributed by atoms with Gasteiger partial charge in [0.25, 0.3) is 0 Å². The van der Waals surface area contributed by atoms with E-state index in [-0.39, 0.29) is 24.8 Å². The molecule has 0 heterocycles. The Bertz CT molecular complexity index is 1170. The predicted molar refractivity (Wildman–Crippen MR) is 146 cm³/mol. The molecule has 1 atom stereocenters. The van der Waals surface area contributed by atoms with Crippen LogP contribution in [0.3, 0.4) is 0 Å². The summed E-state index contributed by atoms with van der Waals surface area (Å²) in [7, 11) is -3.53. The number of hydrogen-bond donors (Lipinski definition) is 1. The van der Waals surface area contributed by atoms with E-state index in [4.69, 9.17) is 0 Å². The Balaban J connectivity index is 2.22. The molecule has 0 aliphatic carbocycles. The summed E-state index contributed by atoms with van der Waals surface area (Å²) in [5, 5.41) is 2.96. The van der Waals surface area contributed by atoms with Crippen molar-refractivity contribution in [2.45, 2.75) is 79.4 Å². The highest BCUT2D eigenvalue weighted by atomic mass is 32.2. The van der Waals surface area contributed by atoms with E-state index in [0.717, 1.165) is 22.3 Å². The van der Waals surface area contributed by atoms with E-state index < -0.39 is 21.6 Å². The molecular formula is C28H41N3O4S. The summed E-state index contributed by atoms with van der Waals surface area (Å²) in [5.41, 5.74) is 4.12. The predicted octanol–water partition coefficient (Wildman–Crippen LogP) is 4.49. The number of sulfonamides is 1. The van der Waals surface area contributed by atoms with Crippen molar-refractivity contribution < 1.29 is 18.0 Å². The molecular weight excluding hydrogens is 474 g/mol. The molecule has 0 fully saturated rings. The van der Waals surface area contributed by atoms with E-state index in [1.807, 2.05) is 84.0 Å². The number of aryl methyl sites for hydroxylation is 3. The fourth-order valence-corrected chi connectivity index (χ4v) is 5.11. The van der Waals surface area contributed by atoms with Crippen LogP contribution < -0.4 is 9.62 Å². The fraction of sp³-hybridized carbons (Fsp3) is 0.500. The van der Waals surface area contributed by atoms with Crippen LogP contribution in [0.4, 0.5) is 5.69 Å². The number of amides is 2. The summed E-state index contributed by atoms with van der Waals surface area (Å²) >= 11 is 0. The van der Waals surface area contributed by atoms with Crippen LogP contribution in [-0.4, -0.2) is 49.5 Å². The fourth-order valence-electron chi connectivity index (χ4n) is 4.16. The van der Waals surface area contributed by atoms with Gasteiger partial charge in [0.2, 0.25) is 21.8 Å². The largest absolute Gasteiger partial charge is 0.350 e. The van der Waals surface area contributed by atoms with Crippen LogP contribution in [0.1, 0.15) is 62.8 Å². The molecule has 2 aromatic carbocycles. The van der Waals surface area contributed by atoms with Crippen molar-refractivity contribution >= 4 is 27.5 Å². The molecule has 0 aliphatic rings. The Morgan fingerprint density at radius 1 is 0.972 bits per heavy atom. The molecule has 0 saturated carbocycles. The molecule has 1 N–H and O–H groups in total. The maximum absolute atomic E-state index is 13.4. The standard InChI is InChI=1S/C28H41N3O4S/c1-20-11-9-12-24(16-20)19-30(23(4)27(33)29-28(5,6)7)26(32)13-10-14-31(36(8,34)35)25-17-21(2)15-22(3)18-25/h9,11-12,15-18,23H,10,13-14,19H2,1-8H3,(H,29,33). The van der Waals surface area contributed by atoms with E-state index in [0.29, 0.717) is 18.7 Å². The highest BCUT2D eigenvalue weighted by Gasteiger charge is 2.28. The summed E-state index contributed by atoms with van der Waals surface area (Å²) in [5.74, 6) is -0.418. The van der Waals surface area contributed by atoms with E-state index in [2.05, 4.69) is 5.32 Å². The molecule has 0 aliphatic heterocycles. The molecule has 0 bridgehead atoms. The molecule has 1 unspecified atom stereocenters. The zero-order chi connectivity index (χ0) is 27.3. The van der Waals surface area contributed by atoms with Crippen molar-refractivity contribution in [2.24, 2.45) is 0 Å². The zero-order valence-corrected chi connectivity index (χ0v) is 23.7. The van der Waals surface area contributed by atoms with Crippen LogP contribution in [0.15, 0.2) is 42.5 Å². The summed E-state index contributed by atoms with van der Waals surface area (Å²) < 4.78 is 26.4. The number of nitrogens with one attached hydrogen (secondary N) is 1. The van der Waals surface area contributed by atoms with Crippen LogP contribution in [-0.2, 0) is 26.2 Å². The van der Waals surface area contributed by atoms with Gasteiger partial charge in [-0.15, -0.1) is 0 Å². The smallest absolute Gasteiger partial charge is 0.242 e. The number of benzene rings is 2. The Labute approximate surface area is 216 Å². The van der Waals surface area contributed by atoms with Crippen LogP contribution in [0, 0.1) is 20.8 Å². The average Bonchev–Trinajstić information content (AvgIpc) is 2.71. The van der Waals surface area contributed by atoms with Gasteiger partial charge in [-0.05, 0) is 83.7 Å². The third-order valence-corrected chi connectivity index (χ3v) is 6.94. The van der Waals surface area contributed by atoms with Crippen LogP contribution >= 0.6 is 0 Å². The Morgan fingerprint density at radius 3 is 2.11 bits per heavy atom. The van der Waals surface area contributed by atoms with Crippen molar-refractivity contribution in [2.75, 3.05) is 17.1 Å². The maximum Gasteiger partial charge on any atom is 0.242 e. The number of hydrogen-bond acceptors (Lipinski definition) is 4. The molecule has 2 amide bonds. The lowest BCUT2D eigenvalue weighted by Crippen LogP contribution is -2.52. The molecule has 8 heteroatoms. The normalized spacial score (nSPS) is 12.7. The van der Waals surface area contributed by atoms with Gasteiger partial charge < -0.3 is 10.2 Å². The van der Waals surface area contributed by atoms with E-state index in [1.54, 1.807) is 11.8 Å². The highest BCUT2D eigenvalue weighted by molar-refractivity contribution is 7.92. The summed E-state index contributed by atoms with van der Waals surface area (Å²) in [6.07, 6.45) is 1.63. The van der Waals surface area contributed by atoms with E-state index >= 15 is 0 Å². The quantitative estimate of drug-likeness (QED) is 0.505. The Morgan fingerprint density at radius 2 is 1.58 bits per heavy atom. The molecule has 0 radical (unpaired) electrons. The Hall–Kier alpha value is -2.87. The summed E-state index contributed by atoms with van der Waals surface area (Å²) in [6.45, 7) is 13.7. The number of carbonyl (C=O) groups is 2. The second-order valence-corrected chi connectivity index (χ2v) is 12.6. The van der Waals surface area contributed by atoms with Crippen LogP contribution in [0.25, 0.3) is 0 Å². The lowest BCUT2D eigenvalue weighted by Gasteiger charge is -2.32. The third-order valence-electron chi connectivity index (χ3n) is 5.75. The first-order valence-electron chi connectivity index (χ1n) is 12.3. The van der Waals surface area contributed by atoms with Gasteiger partial charge in [-0.2, -0.15) is 0 Å². The average molecular weight is 516 g/mol. The molecule has 0 spiro atoms. The van der Waals surface area contributed by atoms with Crippen molar-refractivity contribution in [3.63, 3.8) is 0 Å².